The number of nitrogens with zero attached hydrogens (tertiary/aromatic N) is 3. The monoisotopic (exact) mass is 457 g/mol. The molecule has 3 heterocycles. The first-order valence-corrected chi connectivity index (χ1v) is 11.8. The van der Waals surface area contributed by atoms with E-state index in [2.05, 4.69) is 40.3 Å². The lowest BCUT2D eigenvalue weighted by Gasteiger charge is -2.14. The van der Waals surface area contributed by atoms with Crippen LogP contribution in [-0.4, -0.2) is 25.7 Å². The van der Waals surface area contributed by atoms with Gasteiger partial charge >= 0.3 is 0 Å². The van der Waals surface area contributed by atoms with E-state index < -0.39 is 0 Å². The van der Waals surface area contributed by atoms with Gasteiger partial charge < -0.3 is 10.3 Å². The molecule has 7 nitrogen and oxygen atoms in total. The maximum Gasteiger partial charge on any atom is 0.253 e. The number of fused-ring (bicyclic) bond motifs is 1. The fourth-order valence-electron chi connectivity index (χ4n) is 4.22. The van der Waals surface area contributed by atoms with E-state index in [1.54, 1.807) is 6.20 Å². The third-order valence-corrected chi connectivity index (χ3v) is 6.38. The molecule has 1 atom stereocenters. The molecule has 0 aliphatic heterocycles. The molecule has 4 aromatic rings. The minimum atomic E-state index is -0.238. The van der Waals surface area contributed by atoms with Crippen LogP contribution < -0.4 is 10.9 Å². The first-order chi connectivity index (χ1) is 16.3. The Hall–Kier alpha value is -3.74. The number of carbonyl (C=O) groups excluding carboxylic acids is 1. The van der Waals surface area contributed by atoms with Crippen LogP contribution in [0.2, 0.25) is 0 Å². The van der Waals surface area contributed by atoms with Gasteiger partial charge in [-0.05, 0) is 69.0 Å². The quantitative estimate of drug-likeness (QED) is 0.414. The summed E-state index contributed by atoms with van der Waals surface area (Å²) in [5.74, 6) is -0.238. The maximum absolute atomic E-state index is 13.4. The number of pyridine rings is 2. The van der Waals surface area contributed by atoms with E-state index >= 15 is 0 Å². The number of hydrogen-bond acceptors (Lipinski definition) is 4. The number of amides is 1. The summed E-state index contributed by atoms with van der Waals surface area (Å²) in [6.45, 7) is 10.2. The number of nitrogens with one attached hydrogen (secondary N) is 2. The van der Waals surface area contributed by atoms with E-state index in [-0.39, 0.29) is 24.1 Å². The second kappa shape index (κ2) is 9.63. The molecule has 3 aromatic heterocycles. The standard InChI is InChI=1S/C27H31N5O2/c1-6-18(5)32-25-12-21(20-9-8-16(3)28-13-20)11-22(24(25)15-30-32)26(33)29-14-23-19(7-2)10-17(4)31-27(23)34/h8-13,15,18H,6-7,14H2,1-5H3,(H,29,33)(H,31,34). The van der Waals surface area contributed by atoms with E-state index in [4.69, 9.17) is 0 Å². The molecule has 1 aromatic carbocycles. The third-order valence-electron chi connectivity index (χ3n) is 6.38. The Balaban J connectivity index is 1.76. The predicted molar refractivity (Wildman–Crippen MR) is 135 cm³/mol. The van der Waals surface area contributed by atoms with Crippen molar-refractivity contribution in [2.75, 3.05) is 0 Å². The molecule has 0 radical (unpaired) electrons. The van der Waals surface area contributed by atoms with Gasteiger partial charge in [-0.1, -0.05) is 19.9 Å². The molecular weight excluding hydrogens is 426 g/mol. The van der Waals surface area contributed by atoms with Crippen LogP contribution in [0, 0.1) is 13.8 Å². The second-order valence-electron chi connectivity index (χ2n) is 8.81. The van der Waals surface area contributed by atoms with Crippen molar-refractivity contribution in [3.63, 3.8) is 0 Å². The Kier molecular flexibility index (Phi) is 6.63. The summed E-state index contributed by atoms with van der Waals surface area (Å²) < 4.78 is 1.97. The molecule has 176 valence electrons. The maximum atomic E-state index is 13.4. The molecule has 2 N–H and O–H groups in total. The summed E-state index contributed by atoms with van der Waals surface area (Å²) in [5, 5.41) is 8.35. The molecular formula is C27H31N5O2. The number of H-pyrrole nitrogens is 1. The Morgan fingerprint density at radius 1 is 1.12 bits per heavy atom. The largest absolute Gasteiger partial charge is 0.348 e. The highest BCUT2D eigenvalue weighted by atomic mass is 16.1. The molecule has 1 amide bonds. The van der Waals surface area contributed by atoms with Gasteiger partial charge in [-0.2, -0.15) is 5.10 Å². The van der Waals surface area contributed by atoms with Gasteiger partial charge in [-0.25, -0.2) is 0 Å². The lowest BCUT2D eigenvalue weighted by atomic mass is 10.00. The average molecular weight is 458 g/mol. The molecule has 7 heteroatoms. The molecule has 0 spiro atoms. The summed E-state index contributed by atoms with van der Waals surface area (Å²) in [7, 11) is 0. The van der Waals surface area contributed by atoms with Crippen molar-refractivity contribution in [1.82, 2.24) is 25.1 Å². The van der Waals surface area contributed by atoms with Crippen LogP contribution >= 0.6 is 0 Å². The van der Waals surface area contributed by atoms with E-state index in [1.165, 1.54) is 0 Å². The Morgan fingerprint density at radius 3 is 2.59 bits per heavy atom. The van der Waals surface area contributed by atoms with Crippen LogP contribution in [0.15, 0.2) is 47.5 Å². The summed E-state index contributed by atoms with van der Waals surface area (Å²) in [5.41, 5.74) is 6.38. The van der Waals surface area contributed by atoms with E-state index in [0.717, 1.165) is 51.8 Å². The van der Waals surface area contributed by atoms with Crippen molar-refractivity contribution in [1.29, 1.82) is 0 Å². The lowest BCUT2D eigenvalue weighted by Crippen LogP contribution is -2.28. The van der Waals surface area contributed by atoms with Gasteiger partial charge in [-0.3, -0.25) is 19.3 Å². The van der Waals surface area contributed by atoms with Gasteiger partial charge in [0.25, 0.3) is 11.5 Å². The van der Waals surface area contributed by atoms with Gasteiger partial charge in [0.1, 0.15) is 0 Å². The van der Waals surface area contributed by atoms with E-state index in [0.29, 0.717) is 11.1 Å². The van der Waals surface area contributed by atoms with Crippen molar-refractivity contribution in [3.8, 4) is 11.1 Å². The second-order valence-corrected chi connectivity index (χ2v) is 8.81. The molecule has 0 saturated carbocycles. The third kappa shape index (κ3) is 4.51. The highest BCUT2D eigenvalue weighted by molar-refractivity contribution is 6.08. The fraction of sp³-hybridized carbons (Fsp3) is 0.333. The highest BCUT2D eigenvalue weighted by Gasteiger charge is 2.19. The predicted octanol–water partition coefficient (Wildman–Crippen LogP) is 4.87. The summed E-state index contributed by atoms with van der Waals surface area (Å²) in [6, 6.07) is 10.1. The lowest BCUT2D eigenvalue weighted by molar-refractivity contribution is 0.0952. The van der Waals surface area contributed by atoms with Crippen molar-refractivity contribution < 1.29 is 4.79 Å². The van der Waals surface area contributed by atoms with Crippen LogP contribution in [0.5, 0.6) is 0 Å². The molecule has 34 heavy (non-hydrogen) atoms. The molecule has 0 saturated heterocycles. The normalized spacial score (nSPS) is 12.1. The smallest absolute Gasteiger partial charge is 0.253 e. The SMILES string of the molecule is CCc1cc(C)[nH]c(=O)c1CNC(=O)c1cc(-c2ccc(C)nc2)cc2c1cnn2C(C)CC. The highest BCUT2D eigenvalue weighted by Crippen LogP contribution is 2.30. The van der Waals surface area contributed by atoms with Crippen molar-refractivity contribution in [2.45, 2.75) is 60.0 Å². The van der Waals surface area contributed by atoms with E-state index in [1.807, 2.05) is 55.9 Å². The molecule has 0 fully saturated rings. The molecule has 1 unspecified atom stereocenters. The van der Waals surface area contributed by atoms with Crippen LogP contribution in [0.3, 0.4) is 0 Å². The molecule has 4 rings (SSSR count). The zero-order valence-corrected chi connectivity index (χ0v) is 20.4. The molecule has 0 aliphatic carbocycles. The van der Waals surface area contributed by atoms with Crippen LogP contribution in [0.25, 0.3) is 22.0 Å². The topological polar surface area (TPSA) is 92.7 Å². The zero-order valence-electron chi connectivity index (χ0n) is 20.4. The van der Waals surface area contributed by atoms with Crippen molar-refractivity contribution >= 4 is 16.8 Å². The summed E-state index contributed by atoms with van der Waals surface area (Å²) in [6.07, 6.45) is 5.22. The van der Waals surface area contributed by atoms with Crippen LogP contribution in [-0.2, 0) is 13.0 Å². The Bertz CT molecular complexity index is 1400. The Labute approximate surface area is 199 Å². The minimum absolute atomic E-state index is 0.161. The first kappa shape index (κ1) is 23.4. The van der Waals surface area contributed by atoms with Gasteiger partial charge in [0.05, 0.1) is 17.3 Å². The van der Waals surface area contributed by atoms with Gasteiger partial charge in [0.2, 0.25) is 0 Å². The average Bonchev–Trinajstić information content (AvgIpc) is 3.26. The van der Waals surface area contributed by atoms with Crippen LogP contribution in [0.1, 0.15) is 66.1 Å². The Morgan fingerprint density at radius 2 is 1.91 bits per heavy atom. The number of hydrogen-bond donors (Lipinski definition) is 2. The summed E-state index contributed by atoms with van der Waals surface area (Å²) in [4.78, 5) is 33.2. The fourth-order valence-corrected chi connectivity index (χ4v) is 4.22. The number of aryl methyl sites for hydroxylation is 3. The van der Waals surface area contributed by atoms with Gasteiger partial charge in [0, 0.05) is 46.7 Å². The first-order valence-electron chi connectivity index (χ1n) is 11.8. The number of aromatic amines is 1. The number of carbonyl (C=O) groups is 1. The van der Waals surface area contributed by atoms with Crippen molar-refractivity contribution in [2.24, 2.45) is 0 Å². The van der Waals surface area contributed by atoms with Crippen molar-refractivity contribution in [3.05, 3.63) is 81.2 Å². The summed E-state index contributed by atoms with van der Waals surface area (Å²) >= 11 is 0. The van der Waals surface area contributed by atoms with Crippen LogP contribution in [0.4, 0.5) is 0 Å². The number of rotatable bonds is 7. The number of benzene rings is 1. The molecule has 0 bridgehead atoms. The van der Waals surface area contributed by atoms with E-state index in [9.17, 15) is 9.59 Å². The number of aromatic nitrogens is 4. The van der Waals surface area contributed by atoms with Gasteiger partial charge in [0.15, 0.2) is 0 Å². The van der Waals surface area contributed by atoms with Gasteiger partial charge in [-0.15, -0.1) is 0 Å². The molecule has 0 aliphatic rings. The minimum Gasteiger partial charge on any atom is -0.348 e. The zero-order chi connectivity index (χ0) is 24.4.